The van der Waals surface area contributed by atoms with E-state index in [-0.39, 0.29) is 12.4 Å². The van der Waals surface area contributed by atoms with E-state index in [1.54, 1.807) is 6.07 Å². The molecule has 0 spiro atoms. The van der Waals surface area contributed by atoms with E-state index in [0.717, 1.165) is 5.56 Å². The Hall–Kier alpha value is -0.890. The van der Waals surface area contributed by atoms with Crippen molar-refractivity contribution in [2.24, 2.45) is 0 Å². The second kappa shape index (κ2) is 4.21. The van der Waals surface area contributed by atoms with Crippen LogP contribution in [-0.4, -0.2) is 11.7 Å². The lowest BCUT2D eigenvalue weighted by molar-refractivity contribution is 0.288. The molecule has 0 bridgehead atoms. The molecule has 0 saturated heterocycles. The minimum Gasteiger partial charge on any atom is -0.396 e. The Morgan fingerprint density at radius 3 is 2.75 bits per heavy atom. The van der Waals surface area contributed by atoms with Crippen LogP contribution in [-0.2, 0) is 6.42 Å². The number of aryl methyl sites for hydroxylation is 2. The zero-order valence-electron chi connectivity index (χ0n) is 7.18. The molecule has 0 aliphatic rings. The summed E-state index contributed by atoms with van der Waals surface area (Å²) in [6.07, 6.45) is 1.24. The molecule has 12 heavy (non-hydrogen) atoms. The van der Waals surface area contributed by atoms with Crippen LogP contribution in [0.5, 0.6) is 0 Å². The van der Waals surface area contributed by atoms with Gasteiger partial charge >= 0.3 is 0 Å². The highest BCUT2D eigenvalue weighted by Gasteiger charge is 2.00. The van der Waals surface area contributed by atoms with Gasteiger partial charge in [-0.15, -0.1) is 0 Å². The molecule has 1 aromatic carbocycles. The van der Waals surface area contributed by atoms with Gasteiger partial charge in [-0.3, -0.25) is 0 Å². The molecular formula is C10H13FO. The molecule has 0 aliphatic carbocycles. The summed E-state index contributed by atoms with van der Waals surface area (Å²) in [6.45, 7) is 1.98. The topological polar surface area (TPSA) is 20.2 Å². The van der Waals surface area contributed by atoms with Crippen LogP contribution in [0.3, 0.4) is 0 Å². The van der Waals surface area contributed by atoms with Gasteiger partial charge in [0.1, 0.15) is 5.82 Å². The zero-order valence-corrected chi connectivity index (χ0v) is 7.18. The van der Waals surface area contributed by atoms with Crippen LogP contribution in [0.4, 0.5) is 4.39 Å². The van der Waals surface area contributed by atoms with Gasteiger partial charge in [0.25, 0.3) is 0 Å². The number of rotatable bonds is 3. The van der Waals surface area contributed by atoms with Gasteiger partial charge < -0.3 is 5.11 Å². The van der Waals surface area contributed by atoms with Crippen molar-refractivity contribution >= 4 is 0 Å². The third-order valence-electron chi connectivity index (χ3n) is 1.81. The van der Waals surface area contributed by atoms with Crippen molar-refractivity contribution in [2.45, 2.75) is 19.8 Å². The number of benzene rings is 1. The van der Waals surface area contributed by atoms with Gasteiger partial charge in [0.15, 0.2) is 0 Å². The summed E-state index contributed by atoms with van der Waals surface area (Å²) in [5.74, 6) is -0.163. The van der Waals surface area contributed by atoms with Crippen LogP contribution in [0.15, 0.2) is 18.2 Å². The van der Waals surface area contributed by atoms with E-state index in [4.69, 9.17) is 5.11 Å². The molecule has 0 heterocycles. The Labute approximate surface area is 71.9 Å². The molecule has 1 rings (SSSR count). The predicted molar refractivity (Wildman–Crippen MR) is 46.5 cm³/mol. The summed E-state index contributed by atoms with van der Waals surface area (Å²) in [5.41, 5.74) is 1.62. The molecule has 1 N–H and O–H groups in total. The van der Waals surface area contributed by atoms with Crippen molar-refractivity contribution in [3.05, 3.63) is 35.1 Å². The molecule has 1 aromatic rings. The first-order chi connectivity index (χ1) is 5.74. The Morgan fingerprint density at radius 1 is 1.42 bits per heavy atom. The molecule has 0 atom stereocenters. The average Bonchev–Trinajstić information content (AvgIpc) is 2.03. The van der Waals surface area contributed by atoms with E-state index in [1.807, 2.05) is 13.0 Å². The summed E-state index contributed by atoms with van der Waals surface area (Å²) >= 11 is 0. The number of aliphatic hydroxyl groups excluding tert-OH is 1. The van der Waals surface area contributed by atoms with Crippen molar-refractivity contribution in [3.8, 4) is 0 Å². The van der Waals surface area contributed by atoms with Crippen molar-refractivity contribution in [1.29, 1.82) is 0 Å². The van der Waals surface area contributed by atoms with Gasteiger partial charge in [-0.05, 0) is 37.0 Å². The van der Waals surface area contributed by atoms with E-state index >= 15 is 0 Å². The fraction of sp³-hybridized carbons (Fsp3) is 0.400. The third kappa shape index (κ3) is 2.31. The highest BCUT2D eigenvalue weighted by atomic mass is 19.1. The van der Waals surface area contributed by atoms with E-state index in [9.17, 15) is 4.39 Å². The fourth-order valence-corrected chi connectivity index (χ4v) is 1.12. The average molecular weight is 168 g/mol. The lowest BCUT2D eigenvalue weighted by atomic mass is 10.1. The standard InChI is InChI=1S/C10H13FO/c1-8-4-5-9(3-2-6-12)10(11)7-8/h4-5,7,12H,2-3,6H2,1H3. The molecule has 0 unspecified atom stereocenters. The number of aliphatic hydroxyl groups is 1. The lowest BCUT2D eigenvalue weighted by Gasteiger charge is -2.01. The first-order valence-electron chi connectivity index (χ1n) is 4.10. The van der Waals surface area contributed by atoms with Crippen LogP contribution < -0.4 is 0 Å². The number of hydrogen-bond donors (Lipinski definition) is 1. The Morgan fingerprint density at radius 2 is 2.17 bits per heavy atom. The highest BCUT2D eigenvalue weighted by molar-refractivity contribution is 5.23. The van der Waals surface area contributed by atoms with Crippen LogP contribution in [0.1, 0.15) is 17.5 Å². The van der Waals surface area contributed by atoms with Gasteiger partial charge in [0.05, 0.1) is 0 Å². The van der Waals surface area contributed by atoms with Gasteiger partial charge in [0, 0.05) is 6.61 Å². The molecule has 0 aromatic heterocycles. The summed E-state index contributed by atoms with van der Waals surface area (Å²) in [6, 6.07) is 5.18. The molecular weight excluding hydrogens is 155 g/mol. The third-order valence-corrected chi connectivity index (χ3v) is 1.81. The molecule has 0 radical (unpaired) electrons. The molecule has 2 heteroatoms. The molecule has 1 nitrogen and oxygen atoms in total. The highest BCUT2D eigenvalue weighted by Crippen LogP contribution is 2.11. The van der Waals surface area contributed by atoms with Gasteiger partial charge in [0.2, 0.25) is 0 Å². The quantitative estimate of drug-likeness (QED) is 0.732. The van der Waals surface area contributed by atoms with E-state index in [0.29, 0.717) is 18.4 Å². The summed E-state index contributed by atoms with van der Waals surface area (Å²) < 4.78 is 13.1. The summed E-state index contributed by atoms with van der Waals surface area (Å²) in [5, 5.41) is 8.55. The lowest BCUT2D eigenvalue weighted by Crippen LogP contribution is -1.93. The van der Waals surface area contributed by atoms with Crippen molar-refractivity contribution in [1.82, 2.24) is 0 Å². The Balaban J connectivity index is 2.72. The molecule has 0 aliphatic heterocycles. The molecule has 0 saturated carbocycles. The van der Waals surface area contributed by atoms with Crippen LogP contribution in [0, 0.1) is 12.7 Å². The maximum atomic E-state index is 13.1. The maximum Gasteiger partial charge on any atom is 0.126 e. The second-order valence-electron chi connectivity index (χ2n) is 2.92. The zero-order chi connectivity index (χ0) is 8.97. The van der Waals surface area contributed by atoms with E-state index in [1.165, 1.54) is 6.07 Å². The van der Waals surface area contributed by atoms with Crippen LogP contribution in [0.2, 0.25) is 0 Å². The van der Waals surface area contributed by atoms with Crippen molar-refractivity contribution in [3.63, 3.8) is 0 Å². The van der Waals surface area contributed by atoms with E-state index < -0.39 is 0 Å². The van der Waals surface area contributed by atoms with Crippen molar-refractivity contribution < 1.29 is 9.50 Å². The predicted octanol–water partition coefficient (Wildman–Crippen LogP) is 2.06. The second-order valence-corrected chi connectivity index (χ2v) is 2.92. The summed E-state index contributed by atoms with van der Waals surface area (Å²) in [7, 11) is 0. The van der Waals surface area contributed by atoms with Crippen molar-refractivity contribution in [2.75, 3.05) is 6.61 Å². The first kappa shape index (κ1) is 9.20. The van der Waals surface area contributed by atoms with Crippen LogP contribution >= 0.6 is 0 Å². The van der Waals surface area contributed by atoms with Gasteiger partial charge in [-0.2, -0.15) is 0 Å². The normalized spacial score (nSPS) is 10.2. The molecule has 0 fully saturated rings. The molecule has 66 valence electrons. The van der Waals surface area contributed by atoms with Gasteiger partial charge in [-0.1, -0.05) is 12.1 Å². The van der Waals surface area contributed by atoms with Crippen LogP contribution in [0.25, 0.3) is 0 Å². The first-order valence-corrected chi connectivity index (χ1v) is 4.10. The number of hydrogen-bond acceptors (Lipinski definition) is 1. The largest absolute Gasteiger partial charge is 0.396 e. The Bertz CT molecular complexity index is 258. The Kier molecular flexibility index (Phi) is 3.23. The summed E-state index contributed by atoms with van der Waals surface area (Å²) in [4.78, 5) is 0. The fourth-order valence-electron chi connectivity index (χ4n) is 1.12. The monoisotopic (exact) mass is 168 g/mol. The molecule has 0 amide bonds. The minimum absolute atomic E-state index is 0.118. The minimum atomic E-state index is -0.163. The smallest absolute Gasteiger partial charge is 0.126 e. The SMILES string of the molecule is Cc1ccc(CCCO)c(F)c1. The van der Waals surface area contributed by atoms with Gasteiger partial charge in [-0.25, -0.2) is 4.39 Å². The maximum absolute atomic E-state index is 13.1. The number of halogens is 1. The van der Waals surface area contributed by atoms with E-state index in [2.05, 4.69) is 0 Å².